The Bertz CT molecular complexity index is 855. The molecule has 1 aromatic heterocycles. The smallest absolute Gasteiger partial charge is 0.260 e. The second-order valence-corrected chi connectivity index (χ2v) is 6.24. The summed E-state index contributed by atoms with van der Waals surface area (Å²) in [7, 11) is 0. The van der Waals surface area contributed by atoms with Gasteiger partial charge in [-0.3, -0.25) is 9.69 Å². The zero-order chi connectivity index (χ0) is 16.9. The van der Waals surface area contributed by atoms with Crippen molar-refractivity contribution in [1.82, 2.24) is 4.98 Å². The Morgan fingerprint density at radius 2 is 1.88 bits per heavy atom. The van der Waals surface area contributed by atoms with Crippen molar-refractivity contribution in [2.45, 2.75) is 6.92 Å². The number of carbonyl (C=O) groups is 1. The number of hydrogen-bond donors (Lipinski definition) is 0. The van der Waals surface area contributed by atoms with Crippen LogP contribution in [0, 0.1) is 6.92 Å². The molecule has 4 heteroatoms. The minimum Gasteiger partial charge on any atom is -0.280 e. The molecule has 24 heavy (non-hydrogen) atoms. The number of amides is 1. The maximum absolute atomic E-state index is 12.9. The first-order valence-electron chi connectivity index (χ1n) is 7.70. The molecule has 0 bridgehead atoms. The molecule has 0 spiro atoms. The summed E-state index contributed by atoms with van der Waals surface area (Å²) in [5.74, 6) is -0.0537. The lowest BCUT2D eigenvalue weighted by molar-refractivity contribution is 0.0989. The molecular formula is C20H18N2OS. The SMILES string of the molecule is C=CCN(C(=O)c1ccccc1C)c1nc(-c2ccccc2)cs1. The number of carbonyl (C=O) groups excluding carboxylic acids is 1. The first-order valence-corrected chi connectivity index (χ1v) is 8.58. The van der Waals surface area contributed by atoms with E-state index in [1.807, 2.05) is 66.9 Å². The molecule has 1 heterocycles. The molecule has 0 saturated heterocycles. The van der Waals surface area contributed by atoms with Gasteiger partial charge in [0.05, 0.1) is 5.69 Å². The maximum Gasteiger partial charge on any atom is 0.260 e. The highest BCUT2D eigenvalue weighted by Gasteiger charge is 2.21. The van der Waals surface area contributed by atoms with Gasteiger partial charge in [0.15, 0.2) is 5.13 Å². The Hall–Kier alpha value is -2.72. The summed E-state index contributed by atoms with van der Waals surface area (Å²) in [6.45, 7) is 6.14. The number of rotatable bonds is 5. The van der Waals surface area contributed by atoms with E-state index < -0.39 is 0 Å². The first-order chi connectivity index (χ1) is 11.7. The molecule has 0 fully saturated rings. The van der Waals surface area contributed by atoms with Gasteiger partial charge >= 0.3 is 0 Å². The van der Waals surface area contributed by atoms with E-state index in [2.05, 4.69) is 11.6 Å². The van der Waals surface area contributed by atoms with Gasteiger partial charge in [-0.25, -0.2) is 4.98 Å². The van der Waals surface area contributed by atoms with Crippen LogP contribution in [0.5, 0.6) is 0 Å². The number of anilines is 1. The van der Waals surface area contributed by atoms with E-state index in [0.717, 1.165) is 16.8 Å². The summed E-state index contributed by atoms with van der Waals surface area (Å²) in [5.41, 5.74) is 3.57. The van der Waals surface area contributed by atoms with E-state index in [9.17, 15) is 4.79 Å². The Morgan fingerprint density at radius 1 is 1.17 bits per heavy atom. The van der Waals surface area contributed by atoms with Crippen LogP contribution in [0.1, 0.15) is 15.9 Å². The van der Waals surface area contributed by atoms with Gasteiger partial charge < -0.3 is 0 Å². The van der Waals surface area contributed by atoms with Crippen LogP contribution in [0.3, 0.4) is 0 Å². The van der Waals surface area contributed by atoms with Crippen LogP contribution in [0.2, 0.25) is 0 Å². The zero-order valence-electron chi connectivity index (χ0n) is 13.5. The van der Waals surface area contributed by atoms with Crippen molar-refractivity contribution in [3.8, 4) is 11.3 Å². The van der Waals surface area contributed by atoms with E-state index in [0.29, 0.717) is 17.2 Å². The zero-order valence-corrected chi connectivity index (χ0v) is 14.3. The standard InChI is InChI=1S/C20H18N2OS/c1-3-13-22(19(23)17-12-8-7-9-15(17)2)20-21-18(14-24-20)16-10-5-4-6-11-16/h3-12,14H,1,13H2,2H3. The Morgan fingerprint density at radius 3 is 2.58 bits per heavy atom. The molecule has 1 amide bonds. The van der Waals surface area contributed by atoms with Gasteiger partial charge in [-0.05, 0) is 18.6 Å². The summed E-state index contributed by atoms with van der Waals surface area (Å²) in [6, 6.07) is 17.6. The number of thiazole rings is 1. The van der Waals surface area contributed by atoms with Crippen LogP contribution >= 0.6 is 11.3 Å². The molecule has 0 saturated carbocycles. The fourth-order valence-electron chi connectivity index (χ4n) is 2.46. The molecule has 0 radical (unpaired) electrons. The third kappa shape index (κ3) is 3.29. The molecule has 0 unspecified atom stereocenters. The average molecular weight is 334 g/mol. The normalized spacial score (nSPS) is 10.4. The van der Waals surface area contributed by atoms with Crippen LogP contribution in [0.15, 0.2) is 72.6 Å². The average Bonchev–Trinajstić information content (AvgIpc) is 3.10. The highest BCUT2D eigenvalue weighted by molar-refractivity contribution is 7.14. The van der Waals surface area contributed by atoms with Crippen molar-refractivity contribution >= 4 is 22.4 Å². The van der Waals surface area contributed by atoms with E-state index in [1.165, 1.54) is 11.3 Å². The van der Waals surface area contributed by atoms with Crippen LogP contribution in [0.4, 0.5) is 5.13 Å². The molecular weight excluding hydrogens is 316 g/mol. The first kappa shape index (κ1) is 16.1. The van der Waals surface area contributed by atoms with Crippen molar-refractivity contribution in [2.24, 2.45) is 0 Å². The lowest BCUT2D eigenvalue weighted by atomic mass is 10.1. The van der Waals surface area contributed by atoms with Crippen LogP contribution in [-0.2, 0) is 0 Å². The van der Waals surface area contributed by atoms with Crippen LogP contribution in [0.25, 0.3) is 11.3 Å². The number of benzene rings is 2. The number of aryl methyl sites for hydroxylation is 1. The summed E-state index contributed by atoms with van der Waals surface area (Å²) < 4.78 is 0. The lowest BCUT2D eigenvalue weighted by Gasteiger charge is -2.19. The van der Waals surface area contributed by atoms with Gasteiger partial charge in [-0.15, -0.1) is 17.9 Å². The molecule has 0 atom stereocenters. The van der Waals surface area contributed by atoms with E-state index >= 15 is 0 Å². The van der Waals surface area contributed by atoms with Gasteiger partial charge in [-0.2, -0.15) is 0 Å². The Labute approximate surface area is 145 Å². The molecule has 2 aromatic carbocycles. The highest BCUT2D eigenvalue weighted by atomic mass is 32.1. The number of hydrogen-bond acceptors (Lipinski definition) is 3. The van der Waals surface area contributed by atoms with Gasteiger partial charge in [0.1, 0.15) is 0 Å². The van der Waals surface area contributed by atoms with Crippen molar-refractivity contribution < 1.29 is 4.79 Å². The third-order valence-corrected chi connectivity index (χ3v) is 4.59. The van der Waals surface area contributed by atoms with Crippen molar-refractivity contribution in [3.63, 3.8) is 0 Å². The molecule has 3 rings (SSSR count). The van der Waals surface area contributed by atoms with E-state index in [-0.39, 0.29) is 5.91 Å². The summed E-state index contributed by atoms with van der Waals surface area (Å²) in [6.07, 6.45) is 1.72. The molecule has 0 aliphatic rings. The molecule has 3 aromatic rings. The third-order valence-electron chi connectivity index (χ3n) is 3.72. The predicted molar refractivity (Wildman–Crippen MR) is 101 cm³/mol. The molecule has 0 aliphatic carbocycles. The van der Waals surface area contributed by atoms with Crippen molar-refractivity contribution in [3.05, 3.63) is 83.8 Å². The second-order valence-electron chi connectivity index (χ2n) is 5.40. The lowest BCUT2D eigenvalue weighted by Crippen LogP contribution is -2.31. The topological polar surface area (TPSA) is 33.2 Å². The van der Waals surface area contributed by atoms with Crippen molar-refractivity contribution in [1.29, 1.82) is 0 Å². The molecule has 3 nitrogen and oxygen atoms in total. The fraction of sp³-hybridized carbons (Fsp3) is 0.100. The Balaban J connectivity index is 1.95. The Kier molecular flexibility index (Phi) is 4.87. The monoisotopic (exact) mass is 334 g/mol. The van der Waals surface area contributed by atoms with Gasteiger partial charge in [0.25, 0.3) is 5.91 Å². The van der Waals surface area contributed by atoms with Gasteiger partial charge in [0.2, 0.25) is 0 Å². The fourth-order valence-corrected chi connectivity index (χ4v) is 3.31. The molecule has 0 aliphatic heterocycles. The molecule has 0 N–H and O–H groups in total. The summed E-state index contributed by atoms with van der Waals surface area (Å²) in [5, 5.41) is 2.66. The minimum absolute atomic E-state index is 0.0537. The summed E-state index contributed by atoms with van der Waals surface area (Å²) in [4.78, 5) is 19.3. The predicted octanol–water partition coefficient (Wildman–Crippen LogP) is 4.95. The highest BCUT2D eigenvalue weighted by Crippen LogP contribution is 2.28. The van der Waals surface area contributed by atoms with Crippen LogP contribution < -0.4 is 4.90 Å². The number of nitrogens with zero attached hydrogens (tertiary/aromatic N) is 2. The maximum atomic E-state index is 12.9. The molecule has 120 valence electrons. The second kappa shape index (κ2) is 7.23. The van der Waals surface area contributed by atoms with E-state index in [4.69, 9.17) is 0 Å². The summed E-state index contributed by atoms with van der Waals surface area (Å²) >= 11 is 1.47. The largest absolute Gasteiger partial charge is 0.280 e. The van der Waals surface area contributed by atoms with Gasteiger partial charge in [0, 0.05) is 23.1 Å². The minimum atomic E-state index is -0.0537. The van der Waals surface area contributed by atoms with Crippen LogP contribution in [-0.4, -0.2) is 17.4 Å². The van der Waals surface area contributed by atoms with Gasteiger partial charge in [-0.1, -0.05) is 54.6 Å². The van der Waals surface area contributed by atoms with E-state index in [1.54, 1.807) is 11.0 Å². The quantitative estimate of drug-likeness (QED) is 0.618. The van der Waals surface area contributed by atoms with Crippen molar-refractivity contribution in [2.75, 3.05) is 11.4 Å². The number of aromatic nitrogens is 1.